The number of rotatable bonds is 7. The van der Waals surface area contributed by atoms with Crippen molar-refractivity contribution >= 4 is 49.0 Å². The molecule has 0 atom stereocenters. The minimum absolute atomic E-state index is 0.170. The molecule has 0 aliphatic heterocycles. The van der Waals surface area contributed by atoms with Crippen LogP contribution in [0.15, 0.2) is 57.1 Å². The number of hydrogen-bond donors (Lipinski definition) is 2. The van der Waals surface area contributed by atoms with E-state index in [1.54, 1.807) is 18.2 Å². The van der Waals surface area contributed by atoms with Gasteiger partial charge in [-0.1, -0.05) is 28.9 Å². The first kappa shape index (κ1) is 20.2. The Kier molecular flexibility index (Phi) is 7.01. The van der Waals surface area contributed by atoms with Crippen LogP contribution in [-0.4, -0.2) is 31.1 Å². The fourth-order valence-corrected chi connectivity index (χ4v) is 3.11. The number of aliphatic imine (C=N–C) groups is 1. The molecule has 1 aromatic carbocycles. The van der Waals surface area contributed by atoms with Crippen molar-refractivity contribution < 1.29 is 8.42 Å². The van der Waals surface area contributed by atoms with Gasteiger partial charge in [-0.15, -0.1) is 0 Å². The summed E-state index contributed by atoms with van der Waals surface area (Å²) >= 11 is 3.40. The molecule has 2 N–H and O–H groups in total. The third kappa shape index (κ3) is 5.72. The van der Waals surface area contributed by atoms with Gasteiger partial charge in [0.1, 0.15) is 12.1 Å². The van der Waals surface area contributed by atoms with E-state index in [1.807, 2.05) is 19.9 Å². The third-order valence-electron chi connectivity index (χ3n) is 3.32. The zero-order valence-electron chi connectivity index (χ0n) is 14.7. The predicted octanol–water partition coefficient (Wildman–Crippen LogP) is 3.91. The van der Waals surface area contributed by atoms with Crippen molar-refractivity contribution in [3.05, 3.63) is 47.2 Å². The van der Waals surface area contributed by atoms with Crippen molar-refractivity contribution in [2.75, 3.05) is 12.4 Å². The van der Waals surface area contributed by atoms with Crippen LogP contribution in [0.3, 0.4) is 0 Å². The maximum atomic E-state index is 11.9. The van der Waals surface area contributed by atoms with E-state index in [-0.39, 0.29) is 4.90 Å². The van der Waals surface area contributed by atoms with Gasteiger partial charge in [0.2, 0.25) is 10.0 Å². The van der Waals surface area contributed by atoms with Crippen LogP contribution in [0.2, 0.25) is 0 Å². The minimum Gasteiger partial charge on any atom is -0.340 e. The van der Waals surface area contributed by atoms with Gasteiger partial charge in [0.05, 0.1) is 4.90 Å². The number of hydrogen-bond acceptors (Lipinski definition) is 6. The summed E-state index contributed by atoms with van der Waals surface area (Å²) in [5.41, 5.74) is 1.48. The molecule has 0 spiro atoms. The second-order valence-electron chi connectivity index (χ2n) is 5.31. The zero-order chi connectivity index (χ0) is 19.2. The van der Waals surface area contributed by atoms with E-state index >= 15 is 0 Å². The first-order valence-corrected chi connectivity index (χ1v) is 10.2. The maximum absolute atomic E-state index is 11.9. The molecule has 2 aromatic rings. The van der Waals surface area contributed by atoms with Crippen molar-refractivity contribution in [3.8, 4) is 0 Å². The second kappa shape index (κ2) is 9.02. The summed E-state index contributed by atoms with van der Waals surface area (Å²) in [4.78, 5) is 13.0. The van der Waals surface area contributed by atoms with Crippen LogP contribution in [0, 0.1) is 0 Å². The van der Waals surface area contributed by atoms with Gasteiger partial charge in [-0.05, 0) is 49.1 Å². The topological polar surface area (TPSA) is 96.3 Å². The maximum Gasteiger partial charge on any atom is 0.240 e. The van der Waals surface area contributed by atoms with Crippen molar-refractivity contribution in [2.45, 2.75) is 25.2 Å². The van der Waals surface area contributed by atoms with Gasteiger partial charge in [0.25, 0.3) is 0 Å². The van der Waals surface area contributed by atoms with E-state index in [2.05, 4.69) is 40.9 Å². The first-order valence-electron chi connectivity index (χ1n) is 7.88. The summed E-state index contributed by atoms with van der Waals surface area (Å²) in [6.45, 7) is 3.95. The molecule has 26 heavy (non-hydrogen) atoms. The molecule has 9 heteroatoms. The van der Waals surface area contributed by atoms with Crippen LogP contribution >= 0.6 is 15.9 Å². The average Bonchev–Trinajstić information content (AvgIpc) is 2.61. The number of allylic oxidation sites excluding steroid dienone is 2. The van der Waals surface area contributed by atoms with E-state index in [9.17, 15) is 8.42 Å². The van der Waals surface area contributed by atoms with Crippen LogP contribution in [-0.2, 0) is 10.0 Å². The second-order valence-corrected chi connectivity index (χ2v) is 8.45. The predicted molar refractivity (Wildman–Crippen MR) is 108 cm³/mol. The van der Waals surface area contributed by atoms with Crippen LogP contribution in [0.4, 0.5) is 17.3 Å². The number of nitrogens with zero attached hydrogens (tertiary/aromatic N) is 3. The van der Waals surface area contributed by atoms with E-state index in [0.29, 0.717) is 17.3 Å². The molecule has 0 aliphatic rings. The number of nitrogens with one attached hydrogen (secondary N) is 2. The smallest absolute Gasteiger partial charge is 0.240 e. The van der Waals surface area contributed by atoms with Gasteiger partial charge < -0.3 is 5.32 Å². The van der Waals surface area contributed by atoms with Crippen molar-refractivity contribution in [2.24, 2.45) is 4.99 Å². The Morgan fingerprint density at radius 3 is 2.73 bits per heavy atom. The fourth-order valence-electron chi connectivity index (χ4n) is 2.07. The van der Waals surface area contributed by atoms with Crippen LogP contribution in [0.25, 0.3) is 0 Å². The van der Waals surface area contributed by atoms with Crippen molar-refractivity contribution in [1.29, 1.82) is 0 Å². The van der Waals surface area contributed by atoms with E-state index < -0.39 is 10.0 Å². The highest BCUT2D eigenvalue weighted by molar-refractivity contribution is 9.11. The Hall–Kier alpha value is -2.10. The monoisotopic (exact) mass is 437 g/mol. The highest BCUT2D eigenvalue weighted by atomic mass is 79.9. The molecular formula is C17H20BrN5O2S. The molecule has 1 heterocycles. The van der Waals surface area contributed by atoms with Crippen LogP contribution in [0.5, 0.6) is 0 Å². The molecule has 0 radical (unpaired) electrons. The van der Waals surface area contributed by atoms with Crippen molar-refractivity contribution in [3.63, 3.8) is 0 Å². The summed E-state index contributed by atoms with van der Waals surface area (Å²) in [6.07, 6.45) is 4.11. The summed E-state index contributed by atoms with van der Waals surface area (Å²) in [5.74, 6) is 1.04. The van der Waals surface area contributed by atoms with Gasteiger partial charge in [0.15, 0.2) is 5.82 Å². The largest absolute Gasteiger partial charge is 0.340 e. The molecule has 0 saturated carbocycles. The molecule has 0 unspecified atom stereocenters. The Balaban J connectivity index is 2.28. The molecule has 0 saturated heterocycles. The normalized spacial score (nSPS) is 12.9. The zero-order valence-corrected chi connectivity index (χ0v) is 17.1. The Bertz CT molecular complexity index is 938. The number of halogens is 1. The lowest BCUT2D eigenvalue weighted by Gasteiger charge is -2.08. The SMILES string of the molecule is CCC(/C=C(\C)Br)=Nc1cc(Nc2cccc(S(=O)(=O)NC)c2)ncn1. The van der Waals surface area contributed by atoms with Gasteiger partial charge in [-0.2, -0.15) is 0 Å². The van der Waals surface area contributed by atoms with Crippen LogP contribution in [0.1, 0.15) is 20.3 Å². The van der Waals surface area contributed by atoms with E-state index in [1.165, 1.54) is 25.5 Å². The highest BCUT2D eigenvalue weighted by Crippen LogP contribution is 2.21. The summed E-state index contributed by atoms with van der Waals surface area (Å²) in [7, 11) is -2.13. The lowest BCUT2D eigenvalue weighted by molar-refractivity contribution is 0.588. The number of benzene rings is 1. The highest BCUT2D eigenvalue weighted by Gasteiger charge is 2.11. The summed E-state index contributed by atoms with van der Waals surface area (Å²) in [6, 6.07) is 8.17. The number of anilines is 2. The lowest BCUT2D eigenvalue weighted by atomic mass is 10.2. The number of sulfonamides is 1. The van der Waals surface area contributed by atoms with Gasteiger partial charge in [-0.25, -0.2) is 28.1 Å². The van der Waals surface area contributed by atoms with Crippen LogP contribution < -0.4 is 10.0 Å². The lowest BCUT2D eigenvalue weighted by Crippen LogP contribution is -2.18. The van der Waals surface area contributed by atoms with Gasteiger partial charge in [-0.3, -0.25) is 0 Å². The van der Waals surface area contributed by atoms with E-state index in [4.69, 9.17) is 0 Å². The molecule has 1 aromatic heterocycles. The molecule has 7 nitrogen and oxygen atoms in total. The molecule has 0 aliphatic carbocycles. The molecule has 138 valence electrons. The summed E-state index contributed by atoms with van der Waals surface area (Å²) in [5, 5.41) is 3.08. The third-order valence-corrected chi connectivity index (χ3v) is 4.96. The Labute approximate surface area is 161 Å². The standard InChI is InChI=1S/C17H20BrN5O2S/c1-4-13(8-12(2)18)22-16-10-17(21-11-20-16)23-14-6-5-7-15(9-14)26(24,25)19-3/h5-11,19H,4H2,1-3H3,(H,20,21,23)/b12-8+,22-13?. The number of aromatic nitrogens is 2. The fraction of sp³-hybridized carbons (Fsp3) is 0.235. The summed E-state index contributed by atoms with van der Waals surface area (Å²) < 4.78 is 27.1. The Morgan fingerprint density at radius 2 is 2.08 bits per heavy atom. The minimum atomic E-state index is -3.51. The molecule has 0 fully saturated rings. The molecule has 2 rings (SSSR count). The molecular weight excluding hydrogens is 418 g/mol. The van der Waals surface area contributed by atoms with Gasteiger partial charge in [0, 0.05) is 17.5 Å². The average molecular weight is 438 g/mol. The van der Waals surface area contributed by atoms with E-state index in [0.717, 1.165) is 16.6 Å². The quantitative estimate of drug-likeness (QED) is 0.639. The first-order chi connectivity index (χ1) is 12.3. The molecule has 0 amide bonds. The van der Waals surface area contributed by atoms with Crippen molar-refractivity contribution in [1.82, 2.24) is 14.7 Å². The molecule has 0 bridgehead atoms. The van der Waals surface area contributed by atoms with Gasteiger partial charge >= 0.3 is 0 Å². The Morgan fingerprint density at radius 1 is 1.31 bits per heavy atom.